The van der Waals surface area contributed by atoms with Crippen molar-refractivity contribution in [1.82, 2.24) is 0 Å². The summed E-state index contributed by atoms with van der Waals surface area (Å²) in [6.45, 7) is 0.619. The lowest BCUT2D eigenvalue weighted by Crippen LogP contribution is -2.16. The number of carbonyl (C=O) groups excluding carboxylic acids is 1. The molecule has 5 nitrogen and oxygen atoms in total. The van der Waals surface area contributed by atoms with Gasteiger partial charge in [-0.25, -0.2) is 0 Å². The highest BCUT2D eigenvalue weighted by Gasteiger charge is 2.21. The number of nitrogen functional groups attached to an aromatic ring is 1. The Morgan fingerprint density at radius 1 is 1.40 bits per heavy atom. The van der Waals surface area contributed by atoms with Crippen LogP contribution in [0.25, 0.3) is 0 Å². The van der Waals surface area contributed by atoms with Crippen molar-refractivity contribution in [2.45, 2.75) is 6.54 Å². The second-order valence-electron chi connectivity index (χ2n) is 4.34. The largest absolute Gasteiger partial charge is 0.396 e. The van der Waals surface area contributed by atoms with Crippen molar-refractivity contribution in [2.24, 2.45) is 5.73 Å². The number of carbonyl (C=O) groups is 1. The second kappa shape index (κ2) is 5.63. The van der Waals surface area contributed by atoms with Crippen LogP contribution in [0.5, 0.6) is 0 Å². The van der Waals surface area contributed by atoms with Crippen LogP contribution in [0.1, 0.15) is 20.8 Å². The van der Waals surface area contributed by atoms with Gasteiger partial charge in [0.15, 0.2) is 0 Å². The van der Waals surface area contributed by atoms with E-state index >= 15 is 0 Å². The van der Waals surface area contributed by atoms with Gasteiger partial charge < -0.3 is 16.4 Å². The fraction of sp³-hybridized carbons (Fsp3) is 0.143. The number of benzene rings is 1. The first-order chi connectivity index (χ1) is 9.54. The van der Waals surface area contributed by atoms with Crippen molar-refractivity contribution in [1.29, 1.82) is 5.26 Å². The molecule has 102 valence electrons. The van der Waals surface area contributed by atoms with Crippen molar-refractivity contribution in [3.05, 3.63) is 46.3 Å². The molecule has 0 aliphatic carbocycles. The van der Waals surface area contributed by atoms with E-state index in [9.17, 15) is 10.1 Å². The number of nitriles is 1. The summed E-state index contributed by atoms with van der Waals surface area (Å²) < 4.78 is 0. The smallest absolute Gasteiger partial charge is 0.261 e. The first-order valence-corrected chi connectivity index (χ1v) is 6.73. The van der Waals surface area contributed by atoms with Crippen LogP contribution >= 0.6 is 11.3 Å². The average Bonchev–Trinajstić information content (AvgIpc) is 2.77. The van der Waals surface area contributed by atoms with Crippen molar-refractivity contribution in [2.75, 3.05) is 17.7 Å². The Balaban J connectivity index is 2.35. The lowest BCUT2D eigenvalue weighted by atomic mass is 10.2. The van der Waals surface area contributed by atoms with Crippen molar-refractivity contribution < 1.29 is 4.79 Å². The Hall–Kier alpha value is -2.52. The molecular weight excluding hydrogens is 272 g/mol. The van der Waals surface area contributed by atoms with E-state index in [1.54, 1.807) is 0 Å². The normalized spacial score (nSPS) is 10.0. The molecule has 20 heavy (non-hydrogen) atoms. The quantitative estimate of drug-likeness (QED) is 0.897. The summed E-state index contributed by atoms with van der Waals surface area (Å²) in [6, 6.07) is 11.9. The molecule has 6 heteroatoms. The molecule has 0 atom stereocenters. The molecule has 0 unspecified atom stereocenters. The number of hydrogen-bond donors (Lipinski definition) is 2. The molecule has 0 radical (unpaired) electrons. The molecule has 0 aliphatic rings. The van der Waals surface area contributed by atoms with Gasteiger partial charge in [-0.15, -0.1) is 11.3 Å². The van der Waals surface area contributed by atoms with Gasteiger partial charge in [-0.05, 0) is 5.56 Å². The first-order valence-electron chi connectivity index (χ1n) is 5.91. The van der Waals surface area contributed by atoms with Crippen molar-refractivity contribution >= 4 is 27.9 Å². The molecule has 0 bridgehead atoms. The third-order valence-electron chi connectivity index (χ3n) is 2.87. The topological polar surface area (TPSA) is 96.1 Å². The highest BCUT2D eigenvalue weighted by Crippen LogP contribution is 2.37. The molecule has 1 aromatic heterocycles. The molecule has 0 spiro atoms. The van der Waals surface area contributed by atoms with Crippen LogP contribution in [-0.4, -0.2) is 13.0 Å². The van der Waals surface area contributed by atoms with Gasteiger partial charge in [0, 0.05) is 13.6 Å². The molecule has 4 N–H and O–H groups in total. The Kier molecular flexibility index (Phi) is 3.91. The van der Waals surface area contributed by atoms with E-state index in [-0.39, 0.29) is 10.6 Å². The summed E-state index contributed by atoms with van der Waals surface area (Å²) in [6.07, 6.45) is 0. The molecule has 0 aliphatic heterocycles. The molecule has 1 aromatic carbocycles. The Labute approximate surface area is 121 Å². The van der Waals surface area contributed by atoms with E-state index in [4.69, 9.17) is 11.5 Å². The van der Waals surface area contributed by atoms with E-state index in [2.05, 4.69) is 0 Å². The number of nitrogens with two attached hydrogens (primary N) is 2. The van der Waals surface area contributed by atoms with Gasteiger partial charge in [0.05, 0.1) is 5.69 Å². The van der Waals surface area contributed by atoms with Crippen molar-refractivity contribution in [3.8, 4) is 6.07 Å². The van der Waals surface area contributed by atoms with Crippen LogP contribution in [0, 0.1) is 11.3 Å². The standard InChI is InChI=1S/C14H14N4OS/c1-18(8-9-5-3-2-4-6-9)14-10(7-15)11(16)12(20-14)13(17)19/h2-6H,8,16H2,1H3,(H2,17,19). The molecular formula is C14H14N4OS. The molecule has 0 saturated heterocycles. The third kappa shape index (κ3) is 2.58. The third-order valence-corrected chi connectivity index (χ3v) is 4.21. The SMILES string of the molecule is CN(Cc1ccccc1)c1sc(C(N)=O)c(N)c1C#N. The number of nitrogens with zero attached hydrogens (tertiary/aromatic N) is 2. The first kappa shape index (κ1) is 13.9. The minimum absolute atomic E-state index is 0.167. The Morgan fingerprint density at radius 2 is 2.05 bits per heavy atom. The second-order valence-corrected chi connectivity index (χ2v) is 5.34. The molecule has 2 rings (SSSR count). The van der Waals surface area contributed by atoms with Crippen LogP contribution in [0.15, 0.2) is 30.3 Å². The van der Waals surface area contributed by atoms with E-state index in [0.717, 1.165) is 16.9 Å². The maximum atomic E-state index is 11.3. The fourth-order valence-electron chi connectivity index (χ4n) is 1.92. The van der Waals surface area contributed by atoms with Gasteiger partial charge in [0.25, 0.3) is 5.91 Å². The van der Waals surface area contributed by atoms with E-state index in [0.29, 0.717) is 17.1 Å². The number of rotatable bonds is 4. The average molecular weight is 286 g/mol. The lowest BCUT2D eigenvalue weighted by Gasteiger charge is -2.17. The number of anilines is 2. The fourth-order valence-corrected chi connectivity index (χ4v) is 2.90. The van der Waals surface area contributed by atoms with Gasteiger partial charge in [-0.3, -0.25) is 4.79 Å². The maximum Gasteiger partial charge on any atom is 0.261 e. The molecule has 1 amide bonds. The minimum atomic E-state index is -0.608. The Morgan fingerprint density at radius 3 is 2.60 bits per heavy atom. The highest BCUT2D eigenvalue weighted by atomic mass is 32.1. The van der Waals surface area contributed by atoms with Gasteiger partial charge in [-0.1, -0.05) is 30.3 Å². The van der Waals surface area contributed by atoms with Crippen LogP contribution in [0.3, 0.4) is 0 Å². The van der Waals surface area contributed by atoms with Gasteiger partial charge in [-0.2, -0.15) is 5.26 Å². The Bertz CT molecular complexity index is 672. The zero-order chi connectivity index (χ0) is 14.7. The maximum absolute atomic E-state index is 11.3. The summed E-state index contributed by atoms with van der Waals surface area (Å²) >= 11 is 1.15. The van der Waals surface area contributed by atoms with Gasteiger partial charge in [0.2, 0.25) is 0 Å². The number of hydrogen-bond acceptors (Lipinski definition) is 5. The summed E-state index contributed by atoms with van der Waals surface area (Å²) in [4.78, 5) is 13.4. The van der Waals surface area contributed by atoms with E-state index in [1.807, 2.05) is 48.3 Å². The van der Waals surface area contributed by atoms with Crippen LogP contribution in [-0.2, 0) is 6.54 Å². The van der Waals surface area contributed by atoms with Crippen molar-refractivity contribution in [3.63, 3.8) is 0 Å². The summed E-state index contributed by atoms with van der Waals surface area (Å²) in [5, 5.41) is 9.86. The van der Waals surface area contributed by atoms with Crippen LogP contribution in [0.2, 0.25) is 0 Å². The number of thiophene rings is 1. The molecule has 1 heterocycles. The minimum Gasteiger partial charge on any atom is -0.396 e. The monoisotopic (exact) mass is 286 g/mol. The predicted octanol–water partition coefficient (Wildman–Crippen LogP) is 1.94. The van der Waals surface area contributed by atoms with Crippen LogP contribution < -0.4 is 16.4 Å². The predicted molar refractivity (Wildman–Crippen MR) is 80.5 cm³/mol. The molecule has 0 fully saturated rings. The number of primary amides is 1. The van der Waals surface area contributed by atoms with E-state index in [1.165, 1.54) is 0 Å². The lowest BCUT2D eigenvalue weighted by molar-refractivity contribution is 0.100. The summed E-state index contributed by atoms with van der Waals surface area (Å²) in [5.74, 6) is -0.608. The van der Waals surface area contributed by atoms with Gasteiger partial charge in [0.1, 0.15) is 21.5 Å². The zero-order valence-corrected chi connectivity index (χ0v) is 11.8. The van der Waals surface area contributed by atoms with E-state index < -0.39 is 5.91 Å². The summed E-state index contributed by atoms with van der Waals surface area (Å²) in [7, 11) is 1.85. The number of amides is 1. The highest BCUT2D eigenvalue weighted by molar-refractivity contribution is 7.19. The molecule has 0 saturated carbocycles. The summed E-state index contributed by atoms with van der Waals surface area (Å²) in [5.41, 5.74) is 12.7. The zero-order valence-electron chi connectivity index (χ0n) is 11.0. The van der Waals surface area contributed by atoms with Crippen LogP contribution in [0.4, 0.5) is 10.7 Å². The van der Waals surface area contributed by atoms with Gasteiger partial charge >= 0.3 is 0 Å². The molecule has 2 aromatic rings.